The Labute approximate surface area is 198 Å². The van der Waals surface area contributed by atoms with E-state index in [9.17, 15) is 4.79 Å². The molecule has 2 heterocycles. The molecule has 0 unspecified atom stereocenters. The SMILES string of the molecule is CC(C)(C)OC(=O)NC1CCN(CCOc2ccc(Oc3nc4ccccc4s3)cc2)CC1. The first kappa shape index (κ1) is 23.3. The summed E-state index contributed by atoms with van der Waals surface area (Å²) in [5, 5.41) is 3.61. The Morgan fingerprint density at radius 1 is 1.09 bits per heavy atom. The second kappa shape index (κ2) is 10.4. The van der Waals surface area contributed by atoms with Crippen molar-refractivity contribution < 1.29 is 19.0 Å². The summed E-state index contributed by atoms with van der Waals surface area (Å²) in [6, 6.07) is 15.8. The van der Waals surface area contributed by atoms with Crippen LogP contribution in [0, 0.1) is 0 Å². The number of carbonyl (C=O) groups excluding carboxylic acids is 1. The van der Waals surface area contributed by atoms with Crippen molar-refractivity contribution in [1.29, 1.82) is 0 Å². The lowest BCUT2D eigenvalue weighted by Crippen LogP contribution is -2.46. The van der Waals surface area contributed by atoms with Crippen molar-refractivity contribution in [1.82, 2.24) is 15.2 Å². The van der Waals surface area contributed by atoms with Crippen LogP contribution in [-0.4, -0.2) is 53.9 Å². The van der Waals surface area contributed by atoms with Crippen molar-refractivity contribution in [2.45, 2.75) is 45.3 Å². The zero-order valence-electron chi connectivity index (χ0n) is 19.4. The van der Waals surface area contributed by atoms with Gasteiger partial charge in [0.1, 0.15) is 23.7 Å². The molecule has 1 aromatic heterocycles. The number of likely N-dealkylation sites (tertiary alicyclic amines) is 1. The van der Waals surface area contributed by atoms with Gasteiger partial charge in [0, 0.05) is 25.7 Å². The standard InChI is InChI=1S/C25H31N3O4S/c1-25(2,3)32-23(29)26-18-12-14-28(15-13-18)16-17-30-19-8-10-20(11-9-19)31-24-27-21-6-4-5-7-22(21)33-24/h4-11,18H,12-17H2,1-3H3,(H,26,29). The smallest absolute Gasteiger partial charge is 0.407 e. The minimum absolute atomic E-state index is 0.167. The number of carbonyl (C=O) groups is 1. The number of thiazole rings is 1. The number of nitrogens with zero attached hydrogens (tertiary/aromatic N) is 2. The van der Waals surface area contributed by atoms with E-state index in [0.29, 0.717) is 11.8 Å². The minimum Gasteiger partial charge on any atom is -0.492 e. The average molecular weight is 470 g/mol. The highest BCUT2D eigenvalue weighted by molar-refractivity contribution is 7.20. The fourth-order valence-electron chi connectivity index (χ4n) is 3.67. The monoisotopic (exact) mass is 469 g/mol. The number of hydrogen-bond donors (Lipinski definition) is 1. The largest absolute Gasteiger partial charge is 0.492 e. The normalized spacial score (nSPS) is 15.4. The van der Waals surface area contributed by atoms with Gasteiger partial charge in [-0.05, 0) is 70.0 Å². The number of fused-ring (bicyclic) bond motifs is 1. The van der Waals surface area contributed by atoms with E-state index in [2.05, 4.69) is 15.2 Å². The van der Waals surface area contributed by atoms with Crippen LogP contribution in [0.25, 0.3) is 10.2 Å². The van der Waals surface area contributed by atoms with Gasteiger partial charge in [-0.15, -0.1) is 0 Å². The predicted octanol–water partition coefficient (Wildman–Crippen LogP) is 5.46. The van der Waals surface area contributed by atoms with Crippen molar-refractivity contribution in [2.75, 3.05) is 26.2 Å². The van der Waals surface area contributed by atoms with E-state index >= 15 is 0 Å². The van der Waals surface area contributed by atoms with Gasteiger partial charge < -0.3 is 19.5 Å². The first-order valence-electron chi connectivity index (χ1n) is 11.3. The van der Waals surface area contributed by atoms with Gasteiger partial charge in [0.05, 0.1) is 10.2 Å². The molecule has 1 aliphatic heterocycles. The Balaban J connectivity index is 1.16. The molecular weight excluding hydrogens is 438 g/mol. The number of ether oxygens (including phenoxy) is 3. The Bertz CT molecular complexity index is 1020. The van der Waals surface area contributed by atoms with Gasteiger partial charge in [-0.2, -0.15) is 0 Å². The molecule has 0 radical (unpaired) electrons. The van der Waals surface area contributed by atoms with Crippen LogP contribution in [0.3, 0.4) is 0 Å². The summed E-state index contributed by atoms with van der Waals surface area (Å²) >= 11 is 1.53. The van der Waals surface area contributed by atoms with Gasteiger partial charge in [0.2, 0.25) is 0 Å². The number of amides is 1. The average Bonchev–Trinajstić information content (AvgIpc) is 3.17. The van der Waals surface area contributed by atoms with Gasteiger partial charge in [-0.25, -0.2) is 9.78 Å². The highest BCUT2D eigenvalue weighted by atomic mass is 32.1. The van der Waals surface area contributed by atoms with Crippen LogP contribution in [-0.2, 0) is 4.74 Å². The minimum atomic E-state index is -0.470. The van der Waals surface area contributed by atoms with Crippen LogP contribution in [0.15, 0.2) is 48.5 Å². The number of rotatable bonds is 7. The second-order valence-corrected chi connectivity index (χ2v) is 10.1. The molecule has 1 aliphatic rings. The number of piperidine rings is 1. The summed E-state index contributed by atoms with van der Waals surface area (Å²) in [6.45, 7) is 8.94. The molecule has 1 fully saturated rings. The molecule has 7 nitrogen and oxygen atoms in total. The van der Waals surface area contributed by atoms with Gasteiger partial charge in [-0.1, -0.05) is 23.5 Å². The zero-order valence-corrected chi connectivity index (χ0v) is 20.2. The van der Waals surface area contributed by atoms with Crippen LogP contribution < -0.4 is 14.8 Å². The fraction of sp³-hybridized carbons (Fsp3) is 0.440. The van der Waals surface area contributed by atoms with Gasteiger partial charge >= 0.3 is 6.09 Å². The molecule has 8 heteroatoms. The van der Waals surface area contributed by atoms with Gasteiger partial charge in [0.15, 0.2) is 0 Å². The molecule has 1 amide bonds. The summed E-state index contributed by atoms with van der Waals surface area (Å²) in [6.07, 6.45) is 1.49. The lowest BCUT2D eigenvalue weighted by Gasteiger charge is -2.32. The molecule has 1 saturated heterocycles. The maximum Gasteiger partial charge on any atom is 0.407 e. The zero-order chi connectivity index (χ0) is 23.3. The lowest BCUT2D eigenvalue weighted by atomic mass is 10.1. The summed E-state index contributed by atoms with van der Waals surface area (Å²) in [5.41, 5.74) is 0.476. The topological polar surface area (TPSA) is 72.9 Å². The highest BCUT2D eigenvalue weighted by Crippen LogP contribution is 2.31. The van der Waals surface area contributed by atoms with Crippen LogP contribution in [0.4, 0.5) is 4.79 Å². The first-order valence-corrected chi connectivity index (χ1v) is 12.1. The van der Waals surface area contributed by atoms with Gasteiger partial charge in [-0.3, -0.25) is 4.90 Å². The summed E-state index contributed by atoms with van der Waals surface area (Å²) in [7, 11) is 0. The van der Waals surface area contributed by atoms with Crippen LogP contribution >= 0.6 is 11.3 Å². The number of para-hydroxylation sites is 1. The number of benzene rings is 2. The van der Waals surface area contributed by atoms with Crippen LogP contribution in [0.5, 0.6) is 16.7 Å². The van der Waals surface area contributed by atoms with Crippen LogP contribution in [0.1, 0.15) is 33.6 Å². The van der Waals surface area contributed by atoms with E-state index in [0.717, 1.165) is 54.2 Å². The summed E-state index contributed by atoms with van der Waals surface area (Å²) < 4.78 is 18.2. The summed E-state index contributed by atoms with van der Waals surface area (Å²) in [4.78, 5) is 18.8. The summed E-state index contributed by atoms with van der Waals surface area (Å²) in [5.74, 6) is 1.55. The van der Waals surface area contributed by atoms with Crippen molar-refractivity contribution >= 4 is 27.6 Å². The van der Waals surface area contributed by atoms with E-state index in [1.807, 2.05) is 69.3 Å². The quantitative estimate of drug-likeness (QED) is 0.496. The predicted molar refractivity (Wildman–Crippen MR) is 130 cm³/mol. The number of aromatic nitrogens is 1. The third-order valence-corrected chi connectivity index (χ3v) is 6.20. The molecule has 0 bridgehead atoms. The number of nitrogens with one attached hydrogen (secondary N) is 1. The maximum absolute atomic E-state index is 11.9. The van der Waals surface area contributed by atoms with E-state index in [4.69, 9.17) is 14.2 Å². The second-order valence-electron chi connectivity index (χ2n) is 9.13. The molecule has 3 aromatic rings. The molecule has 33 heavy (non-hydrogen) atoms. The van der Waals surface area contributed by atoms with E-state index in [-0.39, 0.29) is 12.1 Å². The molecule has 176 valence electrons. The van der Waals surface area contributed by atoms with Crippen molar-refractivity contribution in [2.24, 2.45) is 0 Å². The fourth-order valence-corrected chi connectivity index (χ4v) is 4.50. The van der Waals surface area contributed by atoms with E-state index in [1.54, 1.807) is 0 Å². The first-order chi connectivity index (χ1) is 15.8. The molecule has 0 spiro atoms. The molecule has 1 N–H and O–H groups in total. The third-order valence-electron chi connectivity index (χ3n) is 5.29. The molecular formula is C25H31N3O4S. The molecule has 4 rings (SSSR count). The highest BCUT2D eigenvalue weighted by Gasteiger charge is 2.23. The molecule has 2 aromatic carbocycles. The Kier molecular flexibility index (Phi) is 7.35. The molecule has 0 aliphatic carbocycles. The number of alkyl carbamates (subject to hydrolysis) is 1. The molecule has 0 saturated carbocycles. The third kappa shape index (κ3) is 7.07. The van der Waals surface area contributed by atoms with Crippen molar-refractivity contribution in [3.8, 4) is 16.7 Å². The Hall–Kier alpha value is -2.84. The number of hydrogen-bond acceptors (Lipinski definition) is 7. The van der Waals surface area contributed by atoms with Crippen LogP contribution in [0.2, 0.25) is 0 Å². The van der Waals surface area contributed by atoms with Crippen molar-refractivity contribution in [3.63, 3.8) is 0 Å². The molecule has 0 atom stereocenters. The maximum atomic E-state index is 11.9. The van der Waals surface area contributed by atoms with Gasteiger partial charge in [0.25, 0.3) is 5.19 Å². The Morgan fingerprint density at radius 2 is 1.79 bits per heavy atom. The van der Waals surface area contributed by atoms with E-state index < -0.39 is 5.60 Å². The Morgan fingerprint density at radius 3 is 2.48 bits per heavy atom. The van der Waals surface area contributed by atoms with E-state index in [1.165, 1.54) is 11.3 Å². The van der Waals surface area contributed by atoms with Crippen molar-refractivity contribution in [3.05, 3.63) is 48.5 Å². The lowest BCUT2D eigenvalue weighted by molar-refractivity contribution is 0.0476.